The van der Waals surface area contributed by atoms with E-state index in [1.54, 1.807) is 18.1 Å². The topological polar surface area (TPSA) is 53.1 Å². The van der Waals surface area contributed by atoms with Crippen molar-refractivity contribution in [2.45, 2.75) is 19.8 Å². The Morgan fingerprint density at radius 3 is 2.52 bits per heavy atom. The third-order valence-corrected chi connectivity index (χ3v) is 5.85. The van der Waals surface area contributed by atoms with Gasteiger partial charge < -0.3 is 18.8 Å². The Morgan fingerprint density at radius 2 is 1.79 bits per heavy atom. The van der Waals surface area contributed by atoms with Crippen molar-refractivity contribution in [3.8, 4) is 22.6 Å². The average molecular weight is 394 g/mol. The summed E-state index contributed by atoms with van der Waals surface area (Å²) >= 11 is 0. The molecule has 0 unspecified atom stereocenters. The largest absolute Gasteiger partial charge is 0.497 e. The van der Waals surface area contributed by atoms with Crippen molar-refractivity contribution in [3.05, 3.63) is 59.0 Å². The van der Waals surface area contributed by atoms with E-state index in [1.165, 1.54) is 32.2 Å². The van der Waals surface area contributed by atoms with Gasteiger partial charge in [0.15, 0.2) is 5.43 Å². The van der Waals surface area contributed by atoms with Crippen LogP contribution in [-0.2, 0) is 0 Å². The molecule has 0 amide bonds. The minimum Gasteiger partial charge on any atom is -0.497 e. The van der Waals surface area contributed by atoms with Crippen molar-refractivity contribution in [1.82, 2.24) is 0 Å². The van der Waals surface area contributed by atoms with Crippen LogP contribution in [-0.4, -0.2) is 33.4 Å². The summed E-state index contributed by atoms with van der Waals surface area (Å²) in [6.07, 6.45) is 4.12. The number of quaternary nitrogens is 1. The van der Waals surface area contributed by atoms with Crippen LogP contribution in [0.2, 0.25) is 0 Å². The Bertz CT molecular complexity index is 1020. The molecule has 3 aromatic rings. The lowest BCUT2D eigenvalue weighted by Crippen LogP contribution is -3.13. The van der Waals surface area contributed by atoms with Crippen molar-refractivity contribution in [2.75, 3.05) is 33.4 Å². The van der Waals surface area contributed by atoms with E-state index in [0.717, 1.165) is 29.5 Å². The molecule has 29 heavy (non-hydrogen) atoms. The van der Waals surface area contributed by atoms with Crippen LogP contribution in [0.25, 0.3) is 22.1 Å². The fourth-order valence-electron chi connectivity index (χ4n) is 3.90. The Hall–Kier alpha value is -2.79. The van der Waals surface area contributed by atoms with E-state index in [-0.39, 0.29) is 5.43 Å². The number of ether oxygens (including phenoxy) is 2. The van der Waals surface area contributed by atoms with Crippen LogP contribution in [0, 0.1) is 5.92 Å². The van der Waals surface area contributed by atoms with Crippen LogP contribution < -0.4 is 19.8 Å². The maximum Gasteiger partial charge on any atom is 0.200 e. The molecule has 0 radical (unpaired) electrons. The fraction of sp³-hybridized carbons (Fsp3) is 0.375. The van der Waals surface area contributed by atoms with Gasteiger partial charge in [-0.15, -0.1) is 0 Å². The molecule has 0 aliphatic carbocycles. The average Bonchev–Trinajstić information content (AvgIpc) is 2.75. The summed E-state index contributed by atoms with van der Waals surface area (Å²) in [5.41, 5.74) is 1.84. The molecule has 152 valence electrons. The molecule has 1 N–H and O–H groups in total. The van der Waals surface area contributed by atoms with E-state index in [0.29, 0.717) is 23.1 Å². The molecule has 0 atom stereocenters. The van der Waals surface area contributed by atoms with Crippen molar-refractivity contribution in [1.29, 1.82) is 0 Å². The summed E-state index contributed by atoms with van der Waals surface area (Å²) in [5.74, 6) is 2.34. The quantitative estimate of drug-likeness (QED) is 0.698. The number of likely N-dealkylation sites (tertiary alicyclic amines) is 1. The number of piperidine rings is 1. The van der Waals surface area contributed by atoms with E-state index in [1.807, 2.05) is 36.4 Å². The number of benzene rings is 2. The second-order valence-electron chi connectivity index (χ2n) is 7.90. The molecule has 0 saturated carbocycles. The minimum atomic E-state index is -0.0464. The highest BCUT2D eigenvalue weighted by Crippen LogP contribution is 2.24. The van der Waals surface area contributed by atoms with Gasteiger partial charge in [0.25, 0.3) is 0 Å². The van der Waals surface area contributed by atoms with Crippen LogP contribution in [0.4, 0.5) is 0 Å². The second-order valence-corrected chi connectivity index (χ2v) is 7.90. The lowest BCUT2D eigenvalue weighted by atomic mass is 9.99. The maximum atomic E-state index is 12.9. The Labute approximate surface area is 170 Å². The van der Waals surface area contributed by atoms with Crippen LogP contribution in [0.5, 0.6) is 11.5 Å². The first-order chi connectivity index (χ1) is 14.1. The zero-order valence-electron chi connectivity index (χ0n) is 17.1. The Morgan fingerprint density at radius 1 is 1.07 bits per heavy atom. The first-order valence-electron chi connectivity index (χ1n) is 10.3. The van der Waals surface area contributed by atoms with E-state index < -0.39 is 0 Å². The highest BCUT2D eigenvalue weighted by Gasteiger charge is 2.18. The Balaban J connectivity index is 1.46. The summed E-state index contributed by atoms with van der Waals surface area (Å²) in [4.78, 5) is 14.5. The maximum absolute atomic E-state index is 12.9. The molecule has 0 bridgehead atoms. The predicted octanol–water partition coefficient (Wildman–Crippen LogP) is 3.16. The number of nitrogens with one attached hydrogen (secondary N) is 1. The first-order valence-corrected chi connectivity index (χ1v) is 10.3. The van der Waals surface area contributed by atoms with Gasteiger partial charge in [0.2, 0.25) is 0 Å². The van der Waals surface area contributed by atoms with Crippen molar-refractivity contribution >= 4 is 11.0 Å². The van der Waals surface area contributed by atoms with Gasteiger partial charge in [0, 0.05) is 6.07 Å². The van der Waals surface area contributed by atoms with Crippen LogP contribution in [0.1, 0.15) is 19.8 Å². The Kier molecular flexibility index (Phi) is 5.86. The van der Waals surface area contributed by atoms with Crippen LogP contribution in [0.15, 0.2) is 57.9 Å². The normalized spacial score (nSPS) is 19.2. The van der Waals surface area contributed by atoms with Gasteiger partial charge in [0.1, 0.15) is 36.5 Å². The van der Waals surface area contributed by atoms with E-state index in [9.17, 15) is 4.79 Å². The molecule has 5 heteroatoms. The van der Waals surface area contributed by atoms with Crippen LogP contribution >= 0.6 is 0 Å². The van der Waals surface area contributed by atoms with Gasteiger partial charge in [-0.2, -0.15) is 0 Å². The summed E-state index contributed by atoms with van der Waals surface area (Å²) < 4.78 is 16.9. The van der Waals surface area contributed by atoms with Gasteiger partial charge in [-0.25, -0.2) is 0 Å². The lowest BCUT2D eigenvalue weighted by molar-refractivity contribution is -0.906. The zero-order chi connectivity index (χ0) is 20.2. The number of hydrogen-bond donors (Lipinski definition) is 1. The molecule has 1 aliphatic heterocycles. The monoisotopic (exact) mass is 394 g/mol. The zero-order valence-corrected chi connectivity index (χ0v) is 17.1. The molecule has 1 fully saturated rings. The molecule has 1 aromatic heterocycles. The molecule has 2 aromatic carbocycles. The summed E-state index contributed by atoms with van der Waals surface area (Å²) in [6.45, 7) is 6.46. The van der Waals surface area contributed by atoms with Crippen molar-refractivity contribution in [2.24, 2.45) is 5.92 Å². The van der Waals surface area contributed by atoms with Gasteiger partial charge >= 0.3 is 0 Å². The van der Waals surface area contributed by atoms with Gasteiger partial charge in [-0.05, 0) is 48.6 Å². The van der Waals surface area contributed by atoms with Crippen molar-refractivity contribution in [3.63, 3.8) is 0 Å². The molecule has 5 nitrogen and oxygen atoms in total. The minimum absolute atomic E-state index is 0.0464. The number of rotatable bonds is 6. The summed E-state index contributed by atoms with van der Waals surface area (Å²) in [6, 6.07) is 12.8. The highest BCUT2D eigenvalue weighted by molar-refractivity contribution is 5.82. The van der Waals surface area contributed by atoms with Gasteiger partial charge in [-0.3, -0.25) is 4.79 Å². The highest BCUT2D eigenvalue weighted by atomic mass is 16.5. The fourth-order valence-corrected chi connectivity index (χ4v) is 3.90. The molecule has 1 aliphatic rings. The number of hydrogen-bond acceptors (Lipinski definition) is 4. The second kappa shape index (κ2) is 8.70. The van der Waals surface area contributed by atoms with Crippen molar-refractivity contribution < 1.29 is 18.8 Å². The third-order valence-electron chi connectivity index (χ3n) is 5.85. The molecule has 0 spiro atoms. The standard InChI is InChI=1S/C24H27NO4/c1-17-9-11-25(12-10-17)13-14-28-20-7-8-21-23(15-20)29-16-22(24(21)26)18-3-5-19(27-2)6-4-18/h3-8,15-17H,9-14H2,1-2H3/p+1. The summed E-state index contributed by atoms with van der Waals surface area (Å²) in [7, 11) is 1.62. The molecular formula is C24H28NO4+. The van der Waals surface area contributed by atoms with E-state index >= 15 is 0 Å². The SMILES string of the molecule is COc1ccc(-c2coc3cc(OCC[NH+]4CCC(C)CC4)ccc3c2=O)cc1. The molecule has 4 rings (SSSR count). The molecular weight excluding hydrogens is 366 g/mol. The first kappa shape index (κ1) is 19.5. The van der Waals surface area contributed by atoms with E-state index in [4.69, 9.17) is 13.9 Å². The van der Waals surface area contributed by atoms with E-state index in [2.05, 4.69) is 6.92 Å². The third kappa shape index (κ3) is 4.46. The molecule has 2 heterocycles. The summed E-state index contributed by atoms with van der Waals surface area (Å²) in [5, 5.41) is 0.557. The van der Waals surface area contributed by atoms with Gasteiger partial charge in [0.05, 0.1) is 31.1 Å². The predicted molar refractivity (Wildman–Crippen MR) is 114 cm³/mol. The van der Waals surface area contributed by atoms with Gasteiger partial charge in [-0.1, -0.05) is 19.1 Å². The number of fused-ring (bicyclic) bond motifs is 1. The number of methoxy groups -OCH3 is 1. The lowest BCUT2D eigenvalue weighted by Gasteiger charge is -2.27. The smallest absolute Gasteiger partial charge is 0.200 e. The molecule has 1 saturated heterocycles. The van der Waals surface area contributed by atoms with Crippen LogP contribution in [0.3, 0.4) is 0 Å².